The van der Waals surface area contributed by atoms with Crippen molar-refractivity contribution in [2.45, 2.75) is 45.8 Å². The van der Waals surface area contributed by atoms with Gasteiger partial charge in [0.2, 0.25) is 0 Å². The lowest BCUT2D eigenvalue weighted by molar-refractivity contribution is -0.176. The van der Waals surface area contributed by atoms with Gasteiger partial charge in [-0.1, -0.05) is 20.3 Å². The van der Waals surface area contributed by atoms with Gasteiger partial charge in [-0.2, -0.15) is 13.2 Å². The fourth-order valence-electron chi connectivity index (χ4n) is 1.43. The molecule has 17 heavy (non-hydrogen) atoms. The second kappa shape index (κ2) is 6.83. The van der Waals surface area contributed by atoms with Crippen LogP contribution in [0.15, 0.2) is 0 Å². The zero-order chi connectivity index (χ0) is 13.6. The van der Waals surface area contributed by atoms with E-state index in [2.05, 4.69) is 4.74 Å². The van der Waals surface area contributed by atoms with Gasteiger partial charge < -0.3 is 10.5 Å². The largest absolute Gasteiger partial charge is 0.466 e. The lowest BCUT2D eigenvalue weighted by Crippen LogP contribution is -2.47. The van der Waals surface area contributed by atoms with E-state index in [1.807, 2.05) is 13.8 Å². The zero-order valence-corrected chi connectivity index (χ0v) is 10.4. The highest BCUT2D eigenvalue weighted by atomic mass is 19.4. The Kier molecular flexibility index (Phi) is 6.52. The number of alkyl halides is 3. The minimum Gasteiger partial charge on any atom is -0.466 e. The molecule has 0 bridgehead atoms. The lowest BCUT2D eigenvalue weighted by atomic mass is 9.91. The van der Waals surface area contributed by atoms with Crippen molar-refractivity contribution in [1.29, 1.82) is 0 Å². The molecule has 0 aromatic rings. The van der Waals surface area contributed by atoms with Crippen molar-refractivity contribution in [2.24, 2.45) is 17.6 Å². The van der Waals surface area contributed by atoms with E-state index in [9.17, 15) is 18.0 Å². The van der Waals surface area contributed by atoms with Gasteiger partial charge in [0.05, 0.1) is 12.5 Å². The van der Waals surface area contributed by atoms with Gasteiger partial charge in [0.25, 0.3) is 0 Å². The number of halogens is 3. The molecule has 0 aliphatic heterocycles. The quantitative estimate of drug-likeness (QED) is 0.742. The first-order valence-electron chi connectivity index (χ1n) is 5.69. The number of rotatable bonds is 6. The number of hydrogen-bond donors (Lipinski definition) is 1. The first kappa shape index (κ1) is 16.2. The van der Waals surface area contributed by atoms with E-state index < -0.39 is 24.1 Å². The van der Waals surface area contributed by atoms with Gasteiger partial charge in [0, 0.05) is 0 Å². The molecule has 102 valence electrons. The summed E-state index contributed by atoms with van der Waals surface area (Å²) in [5, 5.41) is 0. The Labute approximate surface area is 99.5 Å². The van der Waals surface area contributed by atoms with Crippen LogP contribution in [0, 0.1) is 11.8 Å². The van der Waals surface area contributed by atoms with E-state index in [4.69, 9.17) is 5.73 Å². The Hall–Kier alpha value is -0.780. The molecule has 0 rings (SSSR count). The van der Waals surface area contributed by atoms with Crippen LogP contribution >= 0.6 is 0 Å². The Morgan fingerprint density at radius 2 is 1.82 bits per heavy atom. The van der Waals surface area contributed by atoms with Crippen LogP contribution in [0.2, 0.25) is 0 Å². The normalized spacial score (nSPS) is 15.8. The summed E-state index contributed by atoms with van der Waals surface area (Å²) < 4.78 is 42.1. The van der Waals surface area contributed by atoms with E-state index in [1.165, 1.54) is 0 Å². The first-order valence-corrected chi connectivity index (χ1v) is 5.69. The molecular formula is C11H20F3NO2. The molecule has 0 saturated carbocycles. The smallest absolute Gasteiger partial charge is 0.404 e. The number of ether oxygens (including phenoxy) is 1. The predicted molar refractivity (Wildman–Crippen MR) is 58.2 cm³/mol. The van der Waals surface area contributed by atoms with Crippen LogP contribution in [0.3, 0.4) is 0 Å². The maximum Gasteiger partial charge on any atom is 0.404 e. The van der Waals surface area contributed by atoms with Crippen molar-refractivity contribution in [3.63, 3.8) is 0 Å². The Morgan fingerprint density at radius 3 is 2.18 bits per heavy atom. The highest BCUT2D eigenvalue weighted by molar-refractivity contribution is 5.73. The number of carbonyl (C=O) groups excluding carboxylic acids is 1. The molecule has 0 aliphatic carbocycles. The molecule has 0 aromatic carbocycles. The molecule has 3 nitrogen and oxygen atoms in total. The van der Waals surface area contributed by atoms with Crippen molar-refractivity contribution in [2.75, 3.05) is 6.61 Å². The fraction of sp³-hybridized carbons (Fsp3) is 0.909. The number of nitrogens with two attached hydrogens (primary N) is 1. The summed E-state index contributed by atoms with van der Waals surface area (Å²) in [4.78, 5) is 11.4. The van der Waals surface area contributed by atoms with Gasteiger partial charge >= 0.3 is 12.1 Å². The van der Waals surface area contributed by atoms with Gasteiger partial charge in [-0.25, -0.2) is 0 Å². The van der Waals surface area contributed by atoms with Gasteiger partial charge in [-0.15, -0.1) is 0 Å². The molecule has 2 atom stereocenters. The van der Waals surface area contributed by atoms with Crippen LogP contribution in [0.5, 0.6) is 0 Å². The van der Waals surface area contributed by atoms with Crippen molar-refractivity contribution in [1.82, 2.24) is 0 Å². The van der Waals surface area contributed by atoms with Crippen LogP contribution in [0.25, 0.3) is 0 Å². The average molecular weight is 255 g/mol. The van der Waals surface area contributed by atoms with Gasteiger partial charge in [0.15, 0.2) is 0 Å². The molecule has 0 radical (unpaired) electrons. The molecule has 0 amide bonds. The third kappa shape index (κ3) is 5.91. The maximum atomic E-state index is 12.5. The van der Waals surface area contributed by atoms with Crippen molar-refractivity contribution in [3.8, 4) is 0 Å². The topological polar surface area (TPSA) is 52.3 Å². The predicted octanol–water partition coefficient (Wildman–Crippen LogP) is 2.49. The third-order valence-corrected chi connectivity index (χ3v) is 2.46. The maximum absolute atomic E-state index is 12.5. The van der Waals surface area contributed by atoms with Gasteiger partial charge in [-0.3, -0.25) is 4.79 Å². The number of hydrogen-bond acceptors (Lipinski definition) is 3. The molecule has 0 aromatic heterocycles. The van der Waals surface area contributed by atoms with Crippen molar-refractivity contribution in [3.05, 3.63) is 0 Å². The van der Waals surface area contributed by atoms with E-state index in [0.717, 1.165) is 0 Å². The van der Waals surface area contributed by atoms with E-state index in [-0.39, 0.29) is 18.9 Å². The molecule has 0 saturated heterocycles. The molecule has 0 heterocycles. The molecular weight excluding hydrogens is 235 g/mol. The second-order valence-corrected chi connectivity index (χ2v) is 4.40. The minimum atomic E-state index is -4.57. The van der Waals surface area contributed by atoms with E-state index >= 15 is 0 Å². The molecule has 2 N–H and O–H groups in total. The molecule has 0 spiro atoms. The van der Waals surface area contributed by atoms with Crippen LogP contribution in [-0.4, -0.2) is 24.8 Å². The van der Waals surface area contributed by atoms with Crippen LogP contribution in [0.4, 0.5) is 13.2 Å². The Morgan fingerprint density at radius 1 is 1.29 bits per heavy atom. The Bertz CT molecular complexity index is 241. The molecule has 0 fully saturated rings. The van der Waals surface area contributed by atoms with E-state index in [0.29, 0.717) is 6.42 Å². The molecule has 0 unspecified atom stereocenters. The minimum absolute atomic E-state index is 0.0571. The summed E-state index contributed by atoms with van der Waals surface area (Å²) in [7, 11) is 0. The molecule has 6 heteroatoms. The molecule has 0 aliphatic rings. The third-order valence-electron chi connectivity index (χ3n) is 2.46. The zero-order valence-electron chi connectivity index (χ0n) is 10.4. The summed E-state index contributed by atoms with van der Waals surface area (Å²) in [6.45, 7) is 5.36. The number of carbonyl (C=O) groups is 1. The lowest BCUT2D eigenvalue weighted by Gasteiger charge is -2.24. The Balaban J connectivity index is 4.66. The summed E-state index contributed by atoms with van der Waals surface area (Å²) in [5.74, 6) is -1.96. The second-order valence-electron chi connectivity index (χ2n) is 4.40. The van der Waals surface area contributed by atoms with E-state index in [1.54, 1.807) is 6.92 Å². The SMILES string of the molecule is CCOC(=O)[C@@H](CCC(C)C)[C@H](N)C(F)(F)F. The van der Waals surface area contributed by atoms with Crippen LogP contribution in [-0.2, 0) is 9.53 Å². The fourth-order valence-corrected chi connectivity index (χ4v) is 1.43. The highest BCUT2D eigenvalue weighted by Crippen LogP contribution is 2.28. The standard InChI is InChI=1S/C11H20F3NO2/c1-4-17-10(16)8(6-5-7(2)3)9(15)11(12,13)14/h7-9H,4-6,15H2,1-3H3/t8-,9-/m0/s1. The van der Waals surface area contributed by atoms with Crippen LogP contribution < -0.4 is 5.73 Å². The first-order chi connectivity index (χ1) is 7.70. The van der Waals surface area contributed by atoms with Gasteiger partial charge in [0.1, 0.15) is 6.04 Å². The number of esters is 1. The van der Waals surface area contributed by atoms with Gasteiger partial charge in [-0.05, 0) is 19.3 Å². The summed E-state index contributed by atoms with van der Waals surface area (Å²) in [5.41, 5.74) is 5.09. The van der Waals surface area contributed by atoms with Crippen molar-refractivity contribution < 1.29 is 22.7 Å². The summed E-state index contributed by atoms with van der Waals surface area (Å²) >= 11 is 0. The van der Waals surface area contributed by atoms with Crippen molar-refractivity contribution >= 4 is 5.97 Å². The summed E-state index contributed by atoms with van der Waals surface area (Å²) in [6.07, 6.45) is -3.97. The average Bonchev–Trinajstić information content (AvgIpc) is 2.16. The highest BCUT2D eigenvalue weighted by Gasteiger charge is 2.45. The monoisotopic (exact) mass is 255 g/mol. The van der Waals surface area contributed by atoms with Crippen LogP contribution in [0.1, 0.15) is 33.6 Å². The summed E-state index contributed by atoms with van der Waals surface area (Å²) in [6, 6.07) is -2.15.